The highest BCUT2D eigenvalue weighted by molar-refractivity contribution is 5.34. The van der Waals surface area contributed by atoms with Crippen molar-refractivity contribution in [2.45, 2.75) is 45.4 Å². The lowest BCUT2D eigenvalue weighted by atomic mass is 9.84. The van der Waals surface area contributed by atoms with Gasteiger partial charge in [-0.1, -0.05) is 38.2 Å². The highest BCUT2D eigenvalue weighted by Crippen LogP contribution is 2.28. The number of phenolic OH excluding ortho intramolecular Hbond substituents is 1. The summed E-state index contributed by atoms with van der Waals surface area (Å²) in [5.41, 5.74) is 2.65. The molecule has 15 heavy (non-hydrogen) atoms. The molecule has 0 aliphatic heterocycles. The van der Waals surface area contributed by atoms with Gasteiger partial charge in [-0.15, -0.1) is 0 Å². The third-order valence-corrected chi connectivity index (χ3v) is 3.57. The van der Waals surface area contributed by atoms with Crippen LogP contribution in [-0.2, 0) is 6.42 Å². The van der Waals surface area contributed by atoms with Gasteiger partial charge in [0.25, 0.3) is 0 Å². The molecular formula is C14H20O. The lowest BCUT2D eigenvalue weighted by Gasteiger charge is -2.22. The second kappa shape index (κ2) is 4.69. The van der Waals surface area contributed by atoms with Crippen molar-refractivity contribution in [1.29, 1.82) is 0 Å². The number of hydrogen-bond acceptors (Lipinski definition) is 1. The summed E-state index contributed by atoms with van der Waals surface area (Å²) in [6, 6.07) is 5.73. The predicted octanol–water partition coefficient (Wildman–Crippen LogP) is 3.82. The topological polar surface area (TPSA) is 20.2 Å². The summed E-state index contributed by atoms with van der Waals surface area (Å²) in [6.07, 6.45) is 8.09. The van der Waals surface area contributed by atoms with Crippen molar-refractivity contribution >= 4 is 0 Å². The minimum atomic E-state index is 0.409. The van der Waals surface area contributed by atoms with Gasteiger partial charge >= 0.3 is 0 Å². The van der Waals surface area contributed by atoms with Crippen molar-refractivity contribution in [2.24, 2.45) is 5.92 Å². The van der Waals surface area contributed by atoms with Crippen molar-refractivity contribution in [3.05, 3.63) is 29.3 Å². The molecule has 1 aliphatic rings. The molecule has 1 N–H and O–H groups in total. The van der Waals surface area contributed by atoms with Gasteiger partial charge in [0.1, 0.15) is 5.75 Å². The minimum Gasteiger partial charge on any atom is -0.508 e. The Bertz CT molecular complexity index is 324. The van der Waals surface area contributed by atoms with Crippen LogP contribution in [-0.4, -0.2) is 5.11 Å². The van der Waals surface area contributed by atoms with Crippen LogP contribution in [0.3, 0.4) is 0 Å². The molecule has 1 aliphatic carbocycles. The van der Waals surface area contributed by atoms with Gasteiger partial charge in [-0.05, 0) is 42.5 Å². The molecule has 1 aromatic rings. The largest absolute Gasteiger partial charge is 0.508 e. The van der Waals surface area contributed by atoms with Gasteiger partial charge in [0.2, 0.25) is 0 Å². The van der Waals surface area contributed by atoms with Crippen LogP contribution in [0, 0.1) is 12.8 Å². The van der Waals surface area contributed by atoms with E-state index in [1.54, 1.807) is 6.07 Å². The maximum Gasteiger partial charge on any atom is 0.115 e. The van der Waals surface area contributed by atoms with Gasteiger partial charge in [-0.2, -0.15) is 0 Å². The first kappa shape index (κ1) is 10.5. The predicted molar refractivity (Wildman–Crippen MR) is 63.1 cm³/mol. The van der Waals surface area contributed by atoms with Gasteiger partial charge in [-0.3, -0.25) is 0 Å². The monoisotopic (exact) mass is 204 g/mol. The molecule has 82 valence electrons. The lowest BCUT2D eigenvalue weighted by Crippen LogP contribution is -2.09. The normalized spacial score (nSPS) is 17.9. The van der Waals surface area contributed by atoms with Gasteiger partial charge in [-0.25, -0.2) is 0 Å². The van der Waals surface area contributed by atoms with Gasteiger partial charge < -0.3 is 5.11 Å². The van der Waals surface area contributed by atoms with E-state index in [1.165, 1.54) is 43.2 Å². The Balaban J connectivity index is 2.05. The van der Waals surface area contributed by atoms with Gasteiger partial charge in [0.05, 0.1) is 0 Å². The van der Waals surface area contributed by atoms with E-state index in [-0.39, 0.29) is 0 Å². The van der Waals surface area contributed by atoms with Crippen LogP contribution in [0.1, 0.15) is 43.2 Å². The minimum absolute atomic E-state index is 0.409. The number of rotatable bonds is 2. The van der Waals surface area contributed by atoms with Crippen LogP contribution >= 0.6 is 0 Å². The summed E-state index contributed by atoms with van der Waals surface area (Å²) < 4.78 is 0. The Hall–Kier alpha value is -0.980. The van der Waals surface area contributed by atoms with Crippen LogP contribution in [0.15, 0.2) is 18.2 Å². The van der Waals surface area contributed by atoms with Crippen LogP contribution < -0.4 is 0 Å². The third-order valence-electron chi connectivity index (χ3n) is 3.57. The second-order valence-corrected chi connectivity index (χ2v) is 4.82. The zero-order chi connectivity index (χ0) is 10.7. The van der Waals surface area contributed by atoms with Crippen molar-refractivity contribution in [1.82, 2.24) is 0 Å². The van der Waals surface area contributed by atoms with E-state index in [0.717, 1.165) is 12.3 Å². The van der Waals surface area contributed by atoms with E-state index in [2.05, 4.69) is 6.92 Å². The van der Waals surface area contributed by atoms with Crippen molar-refractivity contribution in [3.8, 4) is 5.75 Å². The molecule has 0 spiro atoms. The SMILES string of the molecule is Cc1ccc(O)cc1CC1CCCCC1. The molecule has 0 unspecified atom stereocenters. The Morgan fingerprint density at radius 3 is 2.67 bits per heavy atom. The maximum atomic E-state index is 9.47. The van der Waals surface area contributed by atoms with Crippen LogP contribution in [0.5, 0.6) is 5.75 Å². The highest BCUT2D eigenvalue weighted by Gasteiger charge is 2.14. The molecule has 0 heterocycles. The molecule has 0 atom stereocenters. The molecule has 0 saturated heterocycles. The number of aromatic hydroxyl groups is 1. The molecule has 1 nitrogen and oxygen atoms in total. The quantitative estimate of drug-likeness (QED) is 0.776. The fourth-order valence-corrected chi connectivity index (χ4v) is 2.58. The summed E-state index contributed by atoms with van der Waals surface area (Å²) in [5.74, 6) is 1.26. The zero-order valence-corrected chi connectivity index (χ0v) is 9.50. The van der Waals surface area contributed by atoms with E-state index < -0.39 is 0 Å². The van der Waals surface area contributed by atoms with E-state index in [1.807, 2.05) is 12.1 Å². The van der Waals surface area contributed by atoms with Crippen molar-refractivity contribution in [2.75, 3.05) is 0 Å². The Morgan fingerprint density at radius 1 is 1.20 bits per heavy atom. The summed E-state index contributed by atoms with van der Waals surface area (Å²) in [6.45, 7) is 2.14. The Kier molecular flexibility index (Phi) is 3.30. The Morgan fingerprint density at radius 2 is 1.93 bits per heavy atom. The maximum absolute atomic E-state index is 9.47. The van der Waals surface area contributed by atoms with Crippen molar-refractivity contribution < 1.29 is 5.11 Å². The molecule has 0 radical (unpaired) electrons. The van der Waals surface area contributed by atoms with Crippen LogP contribution in [0.4, 0.5) is 0 Å². The van der Waals surface area contributed by atoms with Gasteiger partial charge in [0.15, 0.2) is 0 Å². The van der Waals surface area contributed by atoms with Gasteiger partial charge in [0, 0.05) is 0 Å². The smallest absolute Gasteiger partial charge is 0.115 e. The number of aryl methyl sites for hydroxylation is 1. The van der Waals surface area contributed by atoms with Crippen LogP contribution in [0.25, 0.3) is 0 Å². The first-order valence-electron chi connectivity index (χ1n) is 6.04. The molecule has 1 aromatic carbocycles. The summed E-state index contributed by atoms with van der Waals surface area (Å²) in [5, 5.41) is 9.47. The first-order chi connectivity index (χ1) is 7.25. The molecule has 0 amide bonds. The molecule has 1 heteroatoms. The van der Waals surface area contributed by atoms with Crippen LogP contribution in [0.2, 0.25) is 0 Å². The number of phenols is 1. The standard InChI is InChI=1S/C14H20O/c1-11-7-8-14(15)10-13(11)9-12-5-3-2-4-6-12/h7-8,10,12,15H,2-6,9H2,1H3. The van der Waals surface area contributed by atoms with E-state index in [4.69, 9.17) is 0 Å². The molecule has 0 bridgehead atoms. The fourth-order valence-electron chi connectivity index (χ4n) is 2.58. The average molecular weight is 204 g/mol. The fraction of sp³-hybridized carbons (Fsp3) is 0.571. The lowest BCUT2D eigenvalue weighted by molar-refractivity contribution is 0.356. The molecule has 1 saturated carbocycles. The zero-order valence-electron chi connectivity index (χ0n) is 9.50. The summed E-state index contributed by atoms with van der Waals surface area (Å²) in [7, 11) is 0. The van der Waals surface area contributed by atoms with E-state index in [0.29, 0.717) is 5.75 Å². The Labute approximate surface area is 92.1 Å². The molecular weight excluding hydrogens is 184 g/mol. The first-order valence-corrected chi connectivity index (χ1v) is 6.04. The third kappa shape index (κ3) is 2.74. The van der Waals surface area contributed by atoms with Crippen molar-refractivity contribution in [3.63, 3.8) is 0 Å². The molecule has 2 rings (SSSR count). The van der Waals surface area contributed by atoms with E-state index >= 15 is 0 Å². The summed E-state index contributed by atoms with van der Waals surface area (Å²) in [4.78, 5) is 0. The second-order valence-electron chi connectivity index (χ2n) is 4.82. The van der Waals surface area contributed by atoms with E-state index in [9.17, 15) is 5.11 Å². The molecule has 1 fully saturated rings. The summed E-state index contributed by atoms with van der Waals surface area (Å²) >= 11 is 0. The number of benzene rings is 1. The molecule has 0 aromatic heterocycles. The number of hydrogen-bond donors (Lipinski definition) is 1. The average Bonchev–Trinajstić information content (AvgIpc) is 2.25. The highest BCUT2D eigenvalue weighted by atomic mass is 16.3.